The zero-order valence-corrected chi connectivity index (χ0v) is 7.04. The molecule has 2 aromatic rings. The summed E-state index contributed by atoms with van der Waals surface area (Å²) in [6, 6.07) is 1.70. The lowest BCUT2D eigenvalue weighted by Crippen LogP contribution is -2.23. The normalized spacial score (nSPS) is 10.6. The first-order valence-electron chi connectivity index (χ1n) is 3.03. The highest BCUT2D eigenvalue weighted by Crippen LogP contribution is 2.23. The lowest BCUT2D eigenvalue weighted by molar-refractivity contribution is -0.604. The number of hydrogen-bond acceptors (Lipinski definition) is 2. The highest BCUT2D eigenvalue weighted by molar-refractivity contribution is 9.10. The van der Waals surface area contributed by atoms with Crippen molar-refractivity contribution in [1.82, 2.24) is 0 Å². The Morgan fingerprint density at radius 1 is 1.55 bits per heavy atom. The van der Waals surface area contributed by atoms with Crippen LogP contribution in [0.5, 0.6) is 0 Å². The fourth-order valence-electron chi connectivity index (χ4n) is 0.928. The smallest absolute Gasteiger partial charge is 0.223 e. The van der Waals surface area contributed by atoms with Crippen LogP contribution >= 0.6 is 15.9 Å². The topological polar surface area (TPSA) is 40.1 Å². The Hall–Kier alpha value is -1.03. The minimum Gasteiger partial charge on any atom is -0.619 e. The van der Waals surface area contributed by atoms with E-state index < -0.39 is 0 Å². The van der Waals surface area contributed by atoms with E-state index in [0.717, 1.165) is 9.86 Å². The van der Waals surface area contributed by atoms with Crippen LogP contribution in [0.25, 0.3) is 11.0 Å². The van der Waals surface area contributed by atoms with E-state index in [1.165, 1.54) is 12.4 Å². The average Bonchev–Trinajstić information content (AvgIpc) is 2.32. The molecular formula is C7H4BrNO2. The molecule has 2 rings (SSSR count). The molecule has 0 aliphatic heterocycles. The zero-order chi connectivity index (χ0) is 7.84. The summed E-state index contributed by atoms with van der Waals surface area (Å²) >= 11 is 3.29. The highest BCUT2D eigenvalue weighted by atomic mass is 79.9. The molecule has 0 saturated carbocycles. The van der Waals surface area contributed by atoms with Gasteiger partial charge in [0.25, 0.3) is 0 Å². The molecule has 0 radical (unpaired) electrons. The van der Waals surface area contributed by atoms with Gasteiger partial charge < -0.3 is 9.62 Å². The van der Waals surface area contributed by atoms with Gasteiger partial charge in [0.15, 0.2) is 11.8 Å². The number of rotatable bonds is 0. The van der Waals surface area contributed by atoms with Gasteiger partial charge in [0, 0.05) is 11.5 Å². The maximum atomic E-state index is 10.7. The van der Waals surface area contributed by atoms with Gasteiger partial charge in [-0.05, 0) is 15.9 Å². The number of aromatic nitrogens is 1. The Balaban J connectivity index is 2.86. The van der Waals surface area contributed by atoms with Crippen LogP contribution in [0, 0.1) is 5.21 Å². The van der Waals surface area contributed by atoms with Gasteiger partial charge in [-0.1, -0.05) is 0 Å². The van der Waals surface area contributed by atoms with Crippen molar-refractivity contribution < 1.29 is 9.15 Å². The van der Waals surface area contributed by atoms with Crippen molar-refractivity contribution in [3.63, 3.8) is 0 Å². The summed E-state index contributed by atoms with van der Waals surface area (Å²) in [6.45, 7) is 0. The zero-order valence-electron chi connectivity index (χ0n) is 5.45. The lowest BCUT2D eigenvalue weighted by Gasteiger charge is -1.91. The fraction of sp³-hybridized carbons (Fsp3) is 0. The van der Waals surface area contributed by atoms with Gasteiger partial charge in [0.1, 0.15) is 6.26 Å². The minimum absolute atomic E-state index is 0.592. The quantitative estimate of drug-likeness (QED) is 0.495. The molecule has 0 fully saturated rings. The summed E-state index contributed by atoms with van der Waals surface area (Å²) in [5, 5.41) is 11.6. The monoisotopic (exact) mass is 213 g/mol. The van der Waals surface area contributed by atoms with Crippen molar-refractivity contribution in [2.24, 2.45) is 0 Å². The molecule has 0 unspecified atom stereocenters. The van der Waals surface area contributed by atoms with Crippen molar-refractivity contribution in [2.45, 2.75) is 0 Å². The van der Waals surface area contributed by atoms with Gasteiger partial charge in [-0.2, -0.15) is 4.73 Å². The molecule has 2 aromatic heterocycles. The number of furan rings is 1. The molecule has 0 amide bonds. The second kappa shape index (κ2) is 2.23. The molecule has 0 atom stereocenters. The van der Waals surface area contributed by atoms with Crippen LogP contribution in [0.3, 0.4) is 0 Å². The summed E-state index contributed by atoms with van der Waals surface area (Å²) < 4.78 is 6.64. The third-order valence-electron chi connectivity index (χ3n) is 1.44. The molecule has 2 heterocycles. The molecule has 0 saturated heterocycles. The molecular weight excluding hydrogens is 210 g/mol. The second-order valence-corrected chi connectivity index (χ2v) is 3.02. The Morgan fingerprint density at radius 3 is 3.18 bits per heavy atom. The predicted molar refractivity (Wildman–Crippen MR) is 42.9 cm³/mol. The Kier molecular flexibility index (Phi) is 1.35. The Bertz CT molecular complexity index is 396. The van der Waals surface area contributed by atoms with E-state index in [2.05, 4.69) is 15.9 Å². The summed E-state index contributed by atoms with van der Waals surface area (Å²) in [4.78, 5) is 0. The predicted octanol–water partition coefficient (Wildman–Crippen LogP) is 1.83. The van der Waals surface area contributed by atoms with Gasteiger partial charge in [0.05, 0.1) is 4.47 Å². The largest absolute Gasteiger partial charge is 0.619 e. The lowest BCUT2D eigenvalue weighted by atomic mass is 10.3. The molecule has 0 spiro atoms. The van der Waals surface area contributed by atoms with E-state index in [1.54, 1.807) is 12.3 Å². The van der Waals surface area contributed by atoms with E-state index in [4.69, 9.17) is 4.42 Å². The van der Waals surface area contributed by atoms with Crippen LogP contribution in [-0.4, -0.2) is 0 Å². The summed E-state index contributed by atoms with van der Waals surface area (Å²) in [5.41, 5.74) is 0.592. The van der Waals surface area contributed by atoms with Crippen molar-refractivity contribution >= 4 is 26.9 Å². The number of nitrogens with zero attached hydrogens (tertiary/aromatic N) is 1. The fourth-order valence-corrected chi connectivity index (χ4v) is 1.35. The first-order chi connectivity index (χ1) is 5.27. The van der Waals surface area contributed by atoms with Crippen LogP contribution in [-0.2, 0) is 0 Å². The molecule has 3 nitrogen and oxygen atoms in total. The van der Waals surface area contributed by atoms with Gasteiger partial charge in [-0.25, -0.2) is 0 Å². The van der Waals surface area contributed by atoms with Crippen molar-refractivity contribution in [3.8, 4) is 0 Å². The summed E-state index contributed by atoms with van der Waals surface area (Å²) in [7, 11) is 0. The van der Waals surface area contributed by atoms with E-state index in [9.17, 15) is 5.21 Å². The van der Waals surface area contributed by atoms with Crippen LogP contribution < -0.4 is 4.73 Å². The first-order valence-corrected chi connectivity index (χ1v) is 3.82. The molecule has 0 aliphatic rings. The Labute approximate surface area is 71.0 Å². The number of fused-ring (bicyclic) bond motifs is 1. The van der Waals surface area contributed by atoms with Crippen LogP contribution in [0.1, 0.15) is 0 Å². The third-order valence-corrected chi connectivity index (χ3v) is 2.06. The Morgan fingerprint density at radius 2 is 2.36 bits per heavy atom. The van der Waals surface area contributed by atoms with Crippen LogP contribution in [0.4, 0.5) is 0 Å². The SMILES string of the molecule is [O-][n+]1ccc2c(Br)coc2c1. The summed E-state index contributed by atoms with van der Waals surface area (Å²) in [5.74, 6) is 0. The van der Waals surface area contributed by atoms with E-state index in [0.29, 0.717) is 10.3 Å². The van der Waals surface area contributed by atoms with Crippen molar-refractivity contribution in [2.75, 3.05) is 0 Å². The number of pyridine rings is 1. The standard InChI is InChI=1S/C7H4BrNO2/c8-6-4-11-7-3-9(10)2-1-5(6)7/h1-4H. The van der Waals surface area contributed by atoms with Gasteiger partial charge >= 0.3 is 0 Å². The van der Waals surface area contributed by atoms with Gasteiger partial charge in [0.2, 0.25) is 6.20 Å². The third kappa shape index (κ3) is 0.991. The van der Waals surface area contributed by atoms with Crippen molar-refractivity contribution in [1.29, 1.82) is 0 Å². The minimum atomic E-state index is 0.592. The maximum Gasteiger partial charge on any atom is 0.223 e. The van der Waals surface area contributed by atoms with Gasteiger partial charge in [-0.3, -0.25) is 0 Å². The molecule has 0 N–H and O–H groups in total. The average molecular weight is 214 g/mol. The maximum absolute atomic E-state index is 10.7. The number of halogens is 1. The molecule has 0 aromatic carbocycles. The second-order valence-electron chi connectivity index (χ2n) is 2.17. The first kappa shape index (κ1) is 6.67. The van der Waals surface area contributed by atoms with Crippen molar-refractivity contribution in [3.05, 3.63) is 34.4 Å². The van der Waals surface area contributed by atoms with E-state index in [1.807, 2.05) is 0 Å². The van der Waals surface area contributed by atoms with Gasteiger partial charge in [-0.15, -0.1) is 0 Å². The van der Waals surface area contributed by atoms with E-state index in [-0.39, 0.29) is 0 Å². The van der Waals surface area contributed by atoms with Crippen LogP contribution in [0.2, 0.25) is 0 Å². The molecule has 11 heavy (non-hydrogen) atoms. The molecule has 4 heteroatoms. The number of hydrogen-bond donors (Lipinski definition) is 0. The summed E-state index contributed by atoms with van der Waals surface area (Å²) in [6.07, 6.45) is 4.38. The molecule has 56 valence electrons. The van der Waals surface area contributed by atoms with Crippen LogP contribution in [0.15, 0.2) is 33.6 Å². The molecule has 0 aliphatic carbocycles. The van der Waals surface area contributed by atoms with E-state index >= 15 is 0 Å². The highest BCUT2D eigenvalue weighted by Gasteiger charge is 2.04. The molecule has 0 bridgehead atoms.